The third-order valence-corrected chi connectivity index (χ3v) is 3.92. The first-order chi connectivity index (χ1) is 10.3. The van der Waals surface area contributed by atoms with Crippen LogP contribution in [0.15, 0.2) is 30.6 Å². The van der Waals surface area contributed by atoms with Crippen molar-refractivity contribution >= 4 is 5.82 Å². The topological polar surface area (TPSA) is 50.3 Å². The van der Waals surface area contributed by atoms with Crippen LogP contribution in [0.25, 0.3) is 11.3 Å². The van der Waals surface area contributed by atoms with E-state index in [0.717, 1.165) is 25.5 Å². The fraction of sp³-hybridized carbons (Fsp3) is 0.333. The van der Waals surface area contributed by atoms with Crippen LogP contribution in [0.3, 0.4) is 0 Å². The summed E-state index contributed by atoms with van der Waals surface area (Å²) in [4.78, 5) is 10.8. The lowest BCUT2D eigenvalue weighted by Gasteiger charge is -2.40. The van der Waals surface area contributed by atoms with Crippen LogP contribution in [0, 0.1) is 5.82 Å². The second-order valence-electron chi connectivity index (χ2n) is 5.24. The number of hydrogen-bond acceptors (Lipinski definition) is 5. The third-order valence-electron chi connectivity index (χ3n) is 3.92. The van der Waals surface area contributed by atoms with Gasteiger partial charge in [-0.2, -0.15) is 0 Å². The molecule has 1 atom stereocenters. The van der Waals surface area contributed by atoms with Gasteiger partial charge in [0.15, 0.2) is 11.6 Å². The van der Waals surface area contributed by atoms with Gasteiger partial charge in [-0.1, -0.05) is 0 Å². The molecule has 6 heteroatoms. The molecule has 0 radical (unpaired) electrons. The molecule has 2 aliphatic heterocycles. The fourth-order valence-electron chi connectivity index (χ4n) is 2.86. The van der Waals surface area contributed by atoms with E-state index in [1.807, 2.05) is 6.07 Å². The number of aromatic nitrogens is 2. The highest BCUT2D eigenvalue weighted by molar-refractivity contribution is 5.67. The van der Waals surface area contributed by atoms with Crippen molar-refractivity contribution in [3.63, 3.8) is 0 Å². The van der Waals surface area contributed by atoms with Gasteiger partial charge in [0.1, 0.15) is 18.1 Å². The number of piperazine rings is 1. The van der Waals surface area contributed by atoms with E-state index in [4.69, 9.17) is 4.74 Å². The molecule has 108 valence electrons. The molecule has 1 unspecified atom stereocenters. The molecule has 0 saturated carbocycles. The molecule has 5 nitrogen and oxygen atoms in total. The number of nitrogens with zero attached hydrogens (tertiary/aromatic N) is 3. The average molecular weight is 286 g/mol. The molecule has 4 rings (SSSR count). The Morgan fingerprint density at radius 3 is 3.24 bits per heavy atom. The molecule has 1 fully saturated rings. The van der Waals surface area contributed by atoms with E-state index >= 15 is 0 Å². The van der Waals surface area contributed by atoms with Crippen LogP contribution in [0.2, 0.25) is 0 Å². The average Bonchev–Trinajstić information content (AvgIpc) is 2.54. The second kappa shape index (κ2) is 4.96. The van der Waals surface area contributed by atoms with Crippen molar-refractivity contribution in [3.8, 4) is 17.0 Å². The van der Waals surface area contributed by atoms with Crippen molar-refractivity contribution in [2.45, 2.75) is 6.04 Å². The number of hydrogen-bond donors (Lipinski definition) is 1. The van der Waals surface area contributed by atoms with Crippen LogP contribution < -0.4 is 15.0 Å². The summed E-state index contributed by atoms with van der Waals surface area (Å²) in [5.41, 5.74) is 0.944. The van der Waals surface area contributed by atoms with Crippen LogP contribution in [-0.4, -0.2) is 42.3 Å². The lowest BCUT2D eigenvalue weighted by molar-refractivity contribution is 0.244. The van der Waals surface area contributed by atoms with Gasteiger partial charge in [0.25, 0.3) is 0 Å². The van der Waals surface area contributed by atoms with Crippen molar-refractivity contribution in [2.24, 2.45) is 0 Å². The van der Waals surface area contributed by atoms with E-state index in [-0.39, 0.29) is 5.82 Å². The summed E-state index contributed by atoms with van der Waals surface area (Å²) in [6.45, 7) is 3.37. The number of fused-ring (bicyclic) bond motifs is 3. The molecule has 2 aromatic heterocycles. The largest absolute Gasteiger partial charge is 0.487 e. The number of nitrogens with one attached hydrogen (secondary N) is 1. The normalized spacial score (nSPS) is 20.4. The Labute approximate surface area is 121 Å². The summed E-state index contributed by atoms with van der Waals surface area (Å²) in [5, 5.41) is 3.35. The predicted molar refractivity (Wildman–Crippen MR) is 76.9 cm³/mol. The minimum Gasteiger partial charge on any atom is -0.487 e. The first-order valence-electron chi connectivity index (χ1n) is 7.04. The molecule has 1 N–H and O–H groups in total. The molecule has 4 heterocycles. The Kier molecular flexibility index (Phi) is 2.96. The zero-order chi connectivity index (χ0) is 14.2. The Bertz CT molecular complexity index is 678. The first-order valence-corrected chi connectivity index (χ1v) is 7.04. The maximum absolute atomic E-state index is 13.8. The first kappa shape index (κ1) is 12.5. The molecule has 1 saturated heterocycles. The van der Waals surface area contributed by atoms with E-state index in [9.17, 15) is 4.39 Å². The van der Waals surface area contributed by atoms with Gasteiger partial charge in [0.05, 0.1) is 6.04 Å². The van der Waals surface area contributed by atoms with Gasteiger partial charge in [-0.25, -0.2) is 9.37 Å². The monoisotopic (exact) mass is 286 g/mol. The Balaban J connectivity index is 1.74. The summed E-state index contributed by atoms with van der Waals surface area (Å²) >= 11 is 0. The smallest absolute Gasteiger partial charge is 0.171 e. The molecule has 0 amide bonds. The quantitative estimate of drug-likeness (QED) is 0.860. The Morgan fingerprint density at radius 1 is 1.38 bits per heavy atom. The number of anilines is 1. The molecule has 0 bridgehead atoms. The third kappa shape index (κ3) is 2.12. The zero-order valence-corrected chi connectivity index (χ0v) is 11.4. The van der Waals surface area contributed by atoms with Gasteiger partial charge < -0.3 is 15.0 Å². The maximum atomic E-state index is 13.8. The molecule has 0 spiro atoms. The minimum atomic E-state index is -0.352. The highest BCUT2D eigenvalue weighted by atomic mass is 19.1. The maximum Gasteiger partial charge on any atom is 0.171 e. The SMILES string of the molecule is Fc1cccnc1-c1cnc2c(c1)OCC1CNCCN21. The van der Waals surface area contributed by atoms with Gasteiger partial charge in [-0.15, -0.1) is 0 Å². The number of halogens is 1. The van der Waals surface area contributed by atoms with Gasteiger partial charge in [0, 0.05) is 37.6 Å². The van der Waals surface area contributed by atoms with Crippen LogP contribution in [0.5, 0.6) is 5.75 Å². The molecule has 21 heavy (non-hydrogen) atoms. The van der Waals surface area contributed by atoms with E-state index in [0.29, 0.717) is 29.7 Å². The number of pyridine rings is 2. The summed E-state index contributed by atoms with van der Waals surface area (Å²) < 4.78 is 19.6. The van der Waals surface area contributed by atoms with Crippen molar-refractivity contribution in [3.05, 3.63) is 36.4 Å². The lowest BCUT2D eigenvalue weighted by Crippen LogP contribution is -2.56. The standard InChI is InChI=1S/C15H15FN4O/c16-12-2-1-3-18-14(12)10-6-13-15(19-7-10)20-5-4-17-8-11(20)9-21-13/h1-3,6-7,11,17H,4-5,8-9H2. The van der Waals surface area contributed by atoms with Crippen molar-refractivity contribution in [1.29, 1.82) is 0 Å². The van der Waals surface area contributed by atoms with Crippen LogP contribution in [0.1, 0.15) is 0 Å². The molecule has 2 aliphatic rings. The summed E-state index contributed by atoms with van der Waals surface area (Å²) in [7, 11) is 0. The van der Waals surface area contributed by atoms with Crippen LogP contribution >= 0.6 is 0 Å². The van der Waals surface area contributed by atoms with Gasteiger partial charge in [0.2, 0.25) is 0 Å². The predicted octanol–water partition coefficient (Wildman–Crippen LogP) is 1.45. The highest BCUT2D eigenvalue weighted by Gasteiger charge is 2.31. The summed E-state index contributed by atoms with van der Waals surface area (Å²) in [6.07, 6.45) is 3.24. The van der Waals surface area contributed by atoms with Crippen molar-refractivity contribution < 1.29 is 9.13 Å². The summed E-state index contributed by atoms with van der Waals surface area (Å²) in [6, 6.07) is 5.11. The van der Waals surface area contributed by atoms with Crippen LogP contribution in [-0.2, 0) is 0 Å². The van der Waals surface area contributed by atoms with Gasteiger partial charge in [-0.05, 0) is 18.2 Å². The summed E-state index contributed by atoms with van der Waals surface area (Å²) in [5.74, 6) is 1.19. The second-order valence-corrected chi connectivity index (χ2v) is 5.24. The van der Waals surface area contributed by atoms with Crippen molar-refractivity contribution in [1.82, 2.24) is 15.3 Å². The lowest BCUT2D eigenvalue weighted by atomic mass is 10.1. The molecule has 0 aromatic carbocycles. The minimum absolute atomic E-state index is 0.304. The van der Waals surface area contributed by atoms with Crippen LogP contribution in [0.4, 0.5) is 10.2 Å². The molecule has 0 aliphatic carbocycles. The van der Waals surface area contributed by atoms with E-state index < -0.39 is 0 Å². The Morgan fingerprint density at radius 2 is 2.33 bits per heavy atom. The fourth-order valence-corrected chi connectivity index (χ4v) is 2.86. The highest BCUT2D eigenvalue weighted by Crippen LogP contribution is 2.35. The van der Waals surface area contributed by atoms with E-state index in [2.05, 4.69) is 20.2 Å². The number of rotatable bonds is 1. The van der Waals surface area contributed by atoms with Crippen molar-refractivity contribution in [2.75, 3.05) is 31.1 Å². The molecular weight excluding hydrogens is 271 g/mol. The molecule has 2 aromatic rings. The Hall–Kier alpha value is -2.21. The van der Waals surface area contributed by atoms with E-state index in [1.165, 1.54) is 6.07 Å². The van der Waals surface area contributed by atoms with Gasteiger partial charge in [-0.3, -0.25) is 4.98 Å². The zero-order valence-electron chi connectivity index (χ0n) is 11.4. The van der Waals surface area contributed by atoms with Gasteiger partial charge >= 0.3 is 0 Å². The van der Waals surface area contributed by atoms with E-state index in [1.54, 1.807) is 18.5 Å². The molecular formula is C15H15FN4O. The number of ether oxygens (including phenoxy) is 1.